The third kappa shape index (κ3) is 4.93. The summed E-state index contributed by atoms with van der Waals surface area (Å²) in [6.07, 6.45) is -1.91. The lowest BCUT2D eigenvalue weighted by Crippen LogP contribution is -2.45. The number of nitrogens with one attached hydrogen (secondary N) is 1. The molecule has 1 N–H and O–H groups in total. The number of carbonyl (C=O) groups excluding carboxylic acids is 3. The summed E-state index contributed by atoms with van der Waals surface area (Å²) in [6.45, 7) is -0.242. The highest BCUT2D eigenvalue weighted by Gasteiger charge is 2.40. The van der Waals surface area contributed by atoms with Gasteiger partial charge in [0.05, 0.1) is 14.2 Å². The van der Waals surface area contributed by atoms with Gasteiger partial charge >= 0.3 is 12.2 Å². The fourth-order valence-corrected chi connectivity index (χ4v) is 2.38. The summed E-state index contributed by atoms with van der Waals surface area (Å²) in [5.74, 6) is 0.851. The Hall–Kier alpha value is -3.79. The molecule has 0 aliphatic carbocycles. The first-order valence-electron chi connectivity index (χ1n) is 8.45. The number of nitrogens with zero attached hydrogens (tertiary/aromatic N) is 1. The van der Waals surface area contributed by atoms with Crippen LogP contribution in [-0.4, -0.2) is 50.0 Å². The van der Waals surface area contributed by atoms with E-state index in [-0.39, 0.29) is 18.1 Å². The standard InChI is InChI=1S/C19H18N2O8/c1-25-12-3-7-14(8-4-12)28-18(23)20-16-11-27-21(17(16)22)19(24)29-15-9-5-13(26-2)6-10-15/h3-10,16H,11H2,1-2H3,(H,20,23)/t16-/m1/s1. The Labute approximate surface area is 165 Å². The van der Waals surface area contributed by atoms with Crippen LogP contribution < -0.4 is 24.3 Å². The molecule has 2 aromatic rings. The van der Waals surface area contributed by atoms with E-state index in [2.05, 4.69) is 5.32 Å². The van der Waals surface area contributed by atoms with E-state index in [9.17, 15) is 14.4 Å². The Balaban J connectivity index is 1.52. The van der Waals surface area contributed by atoms with Crippen LogP contribution >= 0.6 is 0 Å². The third-order valence-electron chi connectivity index (χ3n) is 3.86. The molecule has 152 valence electrons. The maximum absolute atomic E-state index is 12.3. The number of benzene rings is 2. The van der Waals surface area contributed by atoms with Crippen LogP contribution in [0.5, 0.6) is 23.0 Å². The monoisotopic (exact) mass is 402 g/mol. The summed E-state index contributed by atoms with van der Waals surface area (Å²) >= 11 is 0. The molecule has 29 heavy (non-hydrogen) atoms. The van der Waals surface area contributed by atoms with Crippen molar-refractivity contribution in [3.8, 4) is 23.0 Å². The second-order valence-corrected chi connectivity index (χ2v) is 5.73. The zero-order chi connectivity index (χ0) is 20.8. The van der Waals surface area contributed by atoms with Crippen LogP contribution in [0.2, 0.25) is 0 Å². The van der Waals surface area contributed by atoms with Crippen molar-refractivity contribution in [2.24, 2.45) is 0 Å². The summed E-state index contributed by atoms with van der Waals surface area (Å²) in [7, 11) is 3.02. The molecular formula is C19H18N2O8. The van der Waals surface area contributed by atoms with Gasteiger partial charge in [-0.3, -0.25) is 9.63 Å². The van der Waals surface area contributed by atoms with Gasteiger partial charge < -0.3 is 24.3 Å². The average molecular weight is 402 g/mol. The number of imide groups is 1. The largest absolute Gasteiger partial charge is 0.497 e. The molecule has 10 heteroatoms. The van der Waals surface area contributed by atoms with Gasteiger partial charge in [-0.15, -0.1) is 5.06 Å². The molecule has 10 nitrogen and oxygen atoms in total. The Morgan fingerprint density at radius 3 is 1.90 bits per heavy atom. The number of carbonyl (C=O) groups is 3. The first-order chi connectivity index (χ1) is 14.0. The number of ether oxygens (including phenoxy) is 4. The fraction of sp³-hybridized carbons (Fsp3) is 0.211. The molecule has 1 aliphatic heterocycles. The molecule has 1 heterocycles. The summed E-state index contributed by atoms with van der Waals surface area (Å²) in [5.41, 5.74) is 0. The van der Waals surface area contributed by atoms with Gasteiger partial charge in [-0.05, 0) is 48.5 Å². The van der Waals surface area contributed by atoms with Crippen molar-refractivity contribution in [1.82, 2.24) is 10.4 Å². The molecule has 0 aromatic heterocycles. The van der Waals surface area contributed by atoms with Gasteiger partial charge in [0.25, 0.3) is 5.91 Å². The molecule has 1 fully saturated rings. The molecule has 0 unspecified atom stereocenters. The Bertz CT molecular complexity index is 882. The maximum atomic E-state index is 12.3. The number of hydrogen-bond acceptors (Lipinski definition) is 8. The van der Waals surface area contributed by atoms with Crippen LogP contribution in [0.1, 0.15) is 0 Å². The fourth-order valence-electron chi connectivity index (χ4n) is 2.38. The van der Waals surface area contributed by atoms with E-state index in [1.54, 1.807) is 24.3 Å². The van der Waals surface area contributed by atoms with Gasteiger partial charge in [-0.2, -0.15) is 0 Å². The van der Waals surface area contributed by atoms with E-state index in [1.165, 1.54) is 38.5 Å². The number of rotatable bonds is 5. The highest BCUT2D eigenvalue weighted by atomic mass is 16.7. The van der Waals surface area contributed by atoms with E-state index in [1.807, 2.05) is 0 Å². The third-order valence-corrected chi connectivity index (χ3v) is 3.86. The zero-order valence-electron chi connectivity index (χ0n) is 15.6. The van der Waals surface area contributed by atoms with Crippen LogP contribution in [0, 0.1) is 0 Å². The van der Waals surface area contributed by atoms with Crippen molar-refractivity contribution >= 4 is 18.1 Å². The Morgan fingerprint density at radius 1 is 0.897 bits per heavy atom. The maximum Gasteiger partial charge on any atom is 0.447 e. The molecule has 0 spiro atoms. The van der Waals surface area contributed by atoms with Crippen LogP contribution in [0.4, 0.5) is 9.59 Å². The van der Waals surface area contributed by atoms with Gasteiger partial charge in [0, 0.05) is 0 Å². The number of amides is 3. The van der Waals surface area contributed by atoms with Crippen molar-refractivity contribution in [2.75, 3.05) is 20.8 Å². The summed E-state index contributed by atoms with van der Waals surface area (Å²) in [5, 5.41) is 2.78. The van der Waals surface area contributed by atoms with Crippen molar-refractivity contribution in [3.63, 3.8) is 0 Å². The zero-order valence-corrected chi connectivity index (χ0v) is 15.6. The van der Waals surface area contributed by atoms with Crippen LogP contribution in [0.25, 0.3) is 0 Å². The van der Waals surface area contributed by atoms with E-state index in [4.69, 9.17) is 23.8 Å². The van der Waals surface area contributed by atoms with Crippen molar-refractivity contribution in [2.45, 2.75) is 6.04 Å². The first-order valence-corrected chi connectivity index (χ1v) is 8.45. The molecule has 3 rings (SSSR count). The highest BCUT2D eigenvalue weighted by molar-refractivity contribution is 5.97. The lowest BCUT2D eigenvalue weighted by atomic mass is 10.3. The molecule has 0 radical (unpaired) electrons. The lowest BCUT2D eigenvalue weighted by Gasteiger charge is -2.13. The first kappa shape index (κ1) is 20.0. The van der Waals surface area contributed by atoms with Crippen molar-refractivity contribution in [1.29, 1.82) is 0 Å². The predicted octanol–water partition coefficient (Wildman–Crippen LogP) is 2.13. The SMILES string of the molecule is COc1ccc(OC(=O)N[C@@H]2CON(C(=O)Oc3ccc(OC)cc3)C2=O)cc1. The van der Waals surface area contributed by atoms with Crippen molar-refractivity contribution in [3.05, 3.63) is 48.5 Å². The minimum atomic E-state index is -1.09. The number of methoxy groups -OCH3 is 2. The Kier molecular flexibility index (Phi) is 6.15. The minimum Gasteiger partial charge on any atom is -0.497 e. The van der Waals surface area contributed by atoms with Crippen LogP contribution in [-0.2, 0) is 9.63 Å². The predicted molar refractivity (Wildman–Crippen MR) is 97.8 cm³/mol. The second-order valence-electron chi connectivity index (χ2n) is 5.73. The molecule has 1 atom stereocenters. The van der Waals surface area contributed by atoms with Gasteiger partial charge in [0.2, 0.25) is 0 Å². The Morgan fingerprint density at radius 2 is 1.38 bits per heavy atom. The van der Waals surface area contributed by atoms with Gasteiger partial charge in [0.1, 0.15) is 35.6 Å². The van der Waals surface area contributed by atoms with E-state index in [0.717, 1.165) is 0 Å². The molecule has 3 amide bonds. The average Bonchev–Trinajstić information content (AvgIpc) is 3.09. The van der Waals surface area contributed by atoms with E-state index < -0.39 is 24.1 Å². The number of hydrogen-bond donors (Lipinski definition) is 1. The molecular weight excluding hydrogens is 384 g/mol. The summed E-state index contributed by atoms with van der Waals surface area (Å²) in [4.78, 5) is 41.4. The molecule has 0 bridgehead atoms. The van der Waals surface area contributed by atoms with Gasteiger partial charge in [-0.25, -0.2) is 9.59 Å². The van der Waals surface area contributed by atoms with Crippen molar-refractivity contribution < 1.29 is 38.2 Å². The summed E-state index contributed by atoms with van der Waals surface area (Å²) < 4.78 is 20.2. The normalized spacial score (nSPS) is 15.6. The molecule has 2 aromatic carbocycles. The summed E-state index contributed by atoms with van der Waals surface area (Å²) in [6, 6.07) is 11.4. The molecule has 1 aliphatic rings. The minimum absolute atomic E-state index is 0.197. The smallest absolute Gasteiger partial charge is 0.447 e. The van der Waals surface area contributed by atoms with E-state index >= 15 is 0 Å². The lowest BCUT2D eigenvalue weighted by molar-refractivity contribution is -0.150. The van der Waals surface area contributed by atoms with Crippen LogP contribution in [0.3, 0.4) is 0 Å². The molecule has 0 saturated carbocycles. The topological polar surface area (TPSA) is 113 Å². The van der Waals surface area contributed by atoms with Gasteiger partial charge in [0.15, 0.2) is 0 Å². The second kappa shape index (κ2) is 8.93. The van der Waals surface area contributed by atoms with Gasteiger partial charge in [-0.1, -0.05) is 0 Å². The molecule has 1 saturated heterocycles. The number of hydroxylamine groups is 2. The quantitative estimate of drug-likeness (QED) is 0.809. The van der Waals surface area contributed by atoms with Crippen LogP contribution in [0.15, 0.2) is 48.5 Å². The highest BCUT2D eigenvalue weighted by Crippen LogP contribution is 2.20. The van der Waals surface area contributed by atoms with E-state index in [0.29, 0.717) is 16.6 Å².